The lowest BCUT2D eigenvalue weighted by Gasteiger charge is -2.08. The topological polar surface area (TPSA) is 0 Å². The van der Waals surface area contributed by atoms with E-state index in [0.717, 1.165) is 0 Å². The first-order valence-corrected chi connectivity index (χ1v) is 13.4. The normalized spacial score (nSPS) is 12.7. The van der Waals surface area contributed by atoms with E-state index in [1.807, 2.05) is 0 Å². The molecule has 0 aromatic heterocycles. The predicted molar refractivity (Wildman–Crippen MR) is 166 cm³/mol. The molecule has 0 amide bonds. The van der Waals surface area contributed by atoms with Crippen LogP contribution in [0.3, 0.4) is 0 Å². The van der Waals surface area contributed by atoms with Crippen molar-refractivity contribution in [3.05, 3.63) is 121 Å². The van der Waals surface area contributed by atoms with Crippen LogP contribution in [0.25, 0.3) is 97.0 Å². The first-order chi connectivity index (χ1) is 18.8. The van der Waals surface area contributed by atoms with Crippen LogP contribution in [-0.4, -0.2) is 0 Å². The Labute approximate surface area is 218 Å². The molecule has 0 unspecified atom stereocenters. The number of hydrogen-bond donors (Lipinski definition) is 0. The Balaban J connectivity index is 1.50. The molecule has 0 spiro atoms. The third-order valence-electron chi connectivity index (χ3n) is 9.01. The van der Waals surface area contributed by atoms with Gasteiger partial charge in [0.15, 0.2) is 0 Å². The predicted octanol–water partition coefficient (Wildman–Crippen LogP) is 10.9. The summed E-state index contributed by atoms with van der Waals surface area (Å²) in [7, 11) is 0. The molecule has 172 valence electrons. The van der Waals surface area contributed by atoms with E-state index in [4.69, 9.17) is 0 Å². The molecule has 0 fully saturated rings. The molecule has 0 heterocycles. The van der Waals surface area contributed by atoms with E-state index in [1.54, 1.807) is 0 Å². The minimum absolute atomic E-state index is 1.29. The van der Waals surface area contributed by atoms with Gasteiger partial charge in [-0.2, -0.15) is 0 Å². The summed E-state index contributed by atoms with van der Waals surface area (Å²) in [5, 5.41) is 24.3. The van der Waals surface area contributed by atoms with Gasteiger partial charge < -0.3 is 0 Å². The van der Waals surface area contributed by atoms with Gasteiger partial charge >= 0.3 is 0 Å². The molecule has 10 aromatic carbocycles. The fraction of sp³-hybridized carbons (Fsp3) is 0. The van der Waals surface area contributed by atoms with Crippen molar-refractivity contribution < 1.29 is 0 Å². The van der Waals surface area contributed by atoms with Gasteiger partial charge in [-0.1, -0.05) is 84.9 Å². The summed E-state index contributed by atoms with van der Waals surface area (Å²) in [5.74, 6) is 0. The Morgan fingerprint density at radius 3 is 1.05 bits per heavy atom. The van der Waals surface area contributed by atoms with Crippen molar-refractivity contribution in [1.82, 2.24) is 0 Å². The van der Waals surface area contributed by atoms with Crippen molar-refractivity contribution in [3.8, 4) is 0 Å². The minimum Gasteiger partial charge on any atom is -0.0616 e. The maximum atomic E-state index is 2.44. The van der Waals surface area contributed by atoms with E-state index in [9.17, 15) is 0 Å². The van der Waals surface area contributed by atoms with E-state index < -0.39 is 0 Å². The van der Waals surface area contributed by atoms with Gasteiger partial charge in [-0.15, -0.1) is 0 Å². The standard InChI is InChI=1S/C38H20/c1-2-8-22-16-26-20-34-32(19-25(26)15-21(22)7-1)28-12-6-13-29-36(28)38(34)30-14-5-11-27-31-17-23-9-3-4-10-24(23)18-33(31)37(29)35(27)30/h1-20H. The second-order valence-electron chi connectivity index (χ2n) is 10.9. The lowest BCUT2D eigenvalue weighted by atomic mass is 9.95. The molecule has 0 saturated carbocycles. The number of benzene rings is 8. The van der Waals surface area contributed by atoms with Crippen molar-refractivity contribution in [1.29, 1.82) is 0 Å². The van der Waals surface area contributed by atoms with E-state index >= 15 is 0 Å². The smallest absolute Gasteiger partial charge is 0.00134 e. The van der Waals surface area contributed by atoms with Gasteiger partial charge in [0, 0.05) is 0 Å². The zero-order chi connectivity index (χ0) is 24.5. The summed E-state index contributed by atoms with van der Waals surface area (Å²) in [6, 6.07) is 45.7. The van der Waals surface area contributed by atoms with Crippen LogP contribution in [0.15, 0.2) is 121 Å². The van der Waals surface area contributed by atoms with Crippen LogP contribution in [0.2, 0.25) is 0 Å². The van der Waals surface area contributed by atoms with E-state index in [0.29, 0.717) is 0 Å². The number of fused-ring (bicyclic) bond motifs is 11. The Hall–Kier alpha value is -4.94. The van der Waals surface area contributed by atoms with Crippen LogP contribution >= 0.6 is 0 Å². The number of rotatable bonds is 0. The Morgan fingerprint density at radius 1 is 0.211 bits per heavy atom. The summed E-state index contributed by atoms with van der Waals surface area (Å²) in [6.07, 6.45) is 0. The van der Waals surface area contributed by atoms with Gasteiger partial charge in [-0.25, -0.2) is 0 Å². The molecule has 10 rings (SSSR count). The molecule has 0 aliphatic heterocycles. The molecule has 0 N–H and O–H groups in total. The van der Waals surface area contributed by atoms with Crippen LogP contribution in [-0.2, 0) is 0 Å². The Bertz CT molecular complexity index is 2600. The summed E-state index contributed by atoms with van der Waals surface area (Å²) < 4.78 is 0. The summed E-state index contributed by atoms with van der Waals surface area (Å²) in [6.45, 7) is 0. The minimum atomic E-state index is 1.29. The maximum Gasteiger partial charge on any atom is -0.00134 e. The molecular weight excluding hydrogens is 456 g/mol. The second kappa shape index (κ2) is 6.49. The fourth-order valence-electron chi connectivity index (χ4n) is 7.43. The fourth-order valence-corrected chi connectivity index (χ4v) is 7.43. The van der Waals surface area contributed by atoms with E-state index in [2.05, 4.69) is 121 Å². The molecule has 10 aromatic rings. The highest BCUT2D eigenvalue weighted by Gasteiger charge is 2.22. The molecule has 0 nitrogen and oxygen atoms in total. The highest BCUT2D eigenvalue weighted by atomic mass is 14.2. The van der Waals surface area contributed by atoms with Gasteiger partial charge in [0.25, 0.3) is 0 Å². The largest absolute Gasteiger partial charge is 0.0616 e. The lowest BCUT2D eigenvalue weighted by Crippen LogP contribution is -1.79. The average Bonchev–Trinajstić information content (AvgIpc) is 3.46. The molecule has 0 aliphatic rings. The molecule has 0 saturated heterocycles. The second-order valence-corrected chi connectivity index (χ2v) is 10.9. The molecular formula is C38H20. The van der Waals surface area contributed by atoms with Crippen molar-refractivity contribution in [3.63, 3.8) is 0 Å². The van der Waals surface area contributed by atoms with Gasteiger partial charge in [0.05, 0.1) is 0 Å². The van der Waals surface area contributed by atoms with Crippen LogP contribution in [0.4, 0.5) is 0 Å². The Kier molecular flexibility index (Phi) is 3.28. The van der Waals surface area contributed by atoms with Gasteiger partial charge in [0.2, 0.25) is 0 Å². The zero-order valence-corrected chi connectivity index (χ0v) is 20.5. The van der Waals surface area contributed by atoms with Crippen molar-refractivity contribution in [2.75, 3.05) is 0 Å². The first kappa shape index (κ1) is 19.2. The molecule has 38 heavy (non-hydrogen) atoms. The van der Waals surface area contributed by atoms with Crippen LogP contribution < -0.4 is 0 Å². The molecule has 0 atom stereocenters. The molecule has 0 bridgehead atoms. The third kappa shape index (κ3) is 2.20. The Morgan fingerprint density at radius 2 is 0.553 bits per heavy atom. The van der Waals surface area contributed by atoms with Crippen molar-refractivity contribution in [2.45, 2.75) is 0 Å². The SMILES string of the molecule is c1ccc2cc3cc4c(cc3cc2c1)c1cccc2c1c4c1cccc3c4cc5ccccc5cc4c2c31. The molecule has 0 aliphatic carbocycles. The molecule has 0 radical (unpaired) electrons. The third-order valence-corrected chi connectivity index (χ3v) is 9.01. The zero-order valence-electron chi connectivity index (χ0n) is 20.5. The number of hydrogen-bond acceptors (Lipinski definition) is 0. The van der Waals surface area contributed by atoms with E-state index in [1.165, 1.54) is 97.0 Å². The summed E-state index contributed by atoms with van der Waals surface area (Å²) in [5.41, 5.74) is 0. The summed E-state index contributed by atoms with van der Waals surface area (Å²) >= 11 is 0. The quantitative estimate of drug-likeness (QED) is 0.191. The maximum absolute atomic E-state index is 2.44. The van der Waals surface area contributed by atoms with Crippen molar-refractivity contribution >= 4 is 97.0 Å². The van der Waals surface area contributed by atoms with Crippen LogP contribution in [0.5, 0.6) is 0 Å². The lowest BCUT2D eigenvalue weighted by molar-refractivity contribution is 1.80. The van der Waals surface area contributed by atoms with Crippen LogP contribution in [0.1, 0.15) is 0 Å². The summed E-state index contributed by atoms with van der Waals surface area (Å²) in [4.78, 5) is 0. The van der Waals surface area contributed by atoms with Gasteiger partial charge in [0.1, 0.15) is 0 Å². The monoisotopic (exact) mass is 476 g/mol. The average molecular weight is 477 g/mol. The van der Waals surface area contributed by atoms with Gasteiger partial charge in [-0.3, -0.25) is 0 Å². The first-order valence-electron chi connectivity index (χ1n) is 13.4. The highest BCUT2D eigenvalue weighted by Crippen LogP contribution is 2.51. The molecule has 0 heteroatoms. The van der Waals surface area contributed by atoms with E-state index in [-0.39, 0.29) is 0 Å². The highest BCUT2D eigenvalue weighted by molar-refractivity contribution is 6.48. The van der Waals surface area contributed by atoms with Crippen molar-refractivity contribution in [2.24, 2.45) is 0 Å². The van der Waals surface area contributed by atoms with Gasteiger partial charge in [-0.05, 0) is 133 Å². The van der Waals surface area contributed by atoms with Crippen LogP contribution in [0, 0.1) is 0 Å².